The van der Waals surface area contributed by atoms with Gasteiger partial charge in [0.1, 0.15) is 11.6 Å². The molecule has 2 heterocycles. The Balaban J connectivity index is 0.000000235. The summed E-state index contributed by atoms with van der Waals surface area (Å²) in [7, 11) is 0. The average Bonchev–Trinajstić information content (AvgIpc) is 3.27. The molecule has 332 valence electrons. The molecule has 63 heavy (non-hydrogen) atoms. The third-order valence-corrected chi connectivity index (χ3v) is 11.5. The molecular weight excluding hydrogens is 820 g/mol. The van der Waals surface area contributed by atoms with Crippen LogP contribution in [0.2, 0.25) is 5.02 Å². The minimum atomic E-state index is -0.261. The van der Waals surface area contributed by atoms with Crippen LogP contribution in [0, 0.1) is 11.6 Å². The first-order valence-corrected chi connectivity index (χ1v) is 21.9. The summed E-state index contributed by atoms with van der Waals surface area (Å²) in [6, 6.07) is 39.3. The first kappa shape index (κ1) is 47.2. The van der Waals surface area contributed by atoms with Gasteiger partial charge in [0.15, 0.2) is 0 Å². The van der Waals surface area contributed by atoms with Crippen molar-refractivity contribution in [3.05, 3.63) is 178 Å². The van der Waals surface area contributed by atoms with Crippen LogP contribution in [-0.2, 0) is 45.4 Å². The Morgan fingerprint density at radius 2 is 1.27 bits per heavy atom. The number of nitrogens with zero attached hydrogens (tertiary/aromatic N) is 3. The molecule has 4 atom stereocenters. The van der Waals surface area contributed by atoms with E-state index in [0.29, 0.717) is 74.4 Å². The molecule has 5 aromatic rings. The summed E-state index contributed by atoms with van der Waals surface area (Å²) in [4.78, 5) is 31.7. The lowest BCUT2D eigenvalue weighted by Gasteiger charge is -2.45. The fraction of sp³-hybridized carbons (Fsp3) is 0.333. The normalized spacial score (nSPS) is 19.4. The van der Waals surface area contributed by atoms with Gasteiger partial charge in [-0.25, -0.2) is 8.78 Å². The lowest BCUT2D eigenvalue weighted by Crippen LogP contribution is -2.59. The number of nitrogens with one attached hydrogen (secondary N) is 2. The van der Waals surface area contributed by atoms with Gasteiger partial charge in [0.25, 0.3) is 0 Å². The van der Waals surface area contributed by atoms with E-state index >= 15 is 0 Å². The molecule has 0 saturated carbocycles. The van der Waals surface area contributed by atoms with E-state index < -0.39 is 0 Å². The van der Waals surface area contributed by atoms with Crippen LogP contribution in [0.15, 0.2) is 133 Å². The highest BCUT2D eigenvalue weighted by Crippen LogP contribution is 2.24. The second kappa shape index (κ2) is 24.0. The zero-order valence-electron chi connectivity index (χ0n) is 36.3. The van der Waals surface area contributed by atoms with Crippen LogP contribution in [0.5, 0.6) is 0 Å². The van der Waals surface area contributed by atoms with Gasteiger partial charge in [-0.2, -0.15) is 0 Å². The lowest BCUT2D eigenvalue weighted by molar-refractivity contribution is -0.135. The maximum absolute atomic E-state index is 13.5. The van der Waals surface area contributed by atoms with Crippen LogP contribution in [0.4, 0.5) is 14.5 Å². The van der Waals surface area contributed by atoms with Gasteiger partial charge in [0.05, 0.1) is 32.5 Å². The van der Waals surface area contributed by atoms with Crippen molar-refractivity contribution in [1.82, 2.24) is 20.0 Å². The molecule has 0 unspecified atom stereocenters. The van der Waals surface area contributed by atoms with Gasteiger partial charge in [-0.3, -0.25) is 19.4 Å². The first-order chi connectivity index (χ1) is 30.5. The highest BCUT2D eigenvalue weighted by molar-refractivity contribution is 6.31. The van der Waals surface area contributed by atoms with Crippen molar-refractivity contribution in [3.8, 4) is 0 Å². The zero-order chi connectivity index (χ0) is 44.6. The zero-order valence-corrected chi connectivity index (χ0v) is 37.0. The Labute approximate surface area is 375 Å². The Hall–Kier alpha value is -5.27. The number of ether oxygens (including phenoxy) is 2. The van der Waals surface area contributed by atoms with Crippen molar-refractivity contribution in [2.45, 2.75) is 71.2 Å². The van der Waals surface area contributed by atoms with Crippen LogP contribution < -0.4 is 10.6 Å². The predicted molar refractivity (Wildman–Crippen MR) is 247 cm³/mol. The SMILES string of the molecule is CC(=O)Nc1cc(Cl)ccc1/C=C/C(=O)N1C[C@H](C)N(Cc2ccc(F)cc2)C[C@H]1COCc1ccccc1.C[C@H]1CN[C@H](COCc2ccccc2)CN1Cc1ccc(F)cc1. The van der Waals surface area contributed by atoms with Crippen molar-refractivity contribution in [2.24, 2.45) is 0 Å². The van der Waals surface area contributed by atoms with Gasteiger partial charge in [-0.1, -0.05) is 103 Å². The molecule has 2 aliphatic heterocycles. The van der Waals surface area contributed by atoms with E-state index in [9.17, 15) is 18.4 Å². The van der Waals surface area contributed by atoms with Crippen molar-refractivity contribution in [2.75, 3.05) is 44.7 Å². The molecule has 0 radical (unpaired) electrons. The van der Waals surface area contributed by atoms with Crippen molar-refractivity contribution in [1.29, 1.82) is 0 Å². The number of halogens is 3. The molecule has 2 amide bonds. The van der Waals surface area contributed by atoms with E-state index in [1.807, 2.05) is 65.6 Å². The number of hydrogen-bond acceptors (Lipinski definition) is 7. The Bertz CT molecular complexity index is 2220. The molecule has 5 aromatic carbocycles. The van der Waals surface area contributed by atoms with Gasteiger partial charge in [0, 0.05) is 81.1 Å². The molecule has 7 rings (SSSR count). The predicted octanol–water partition coefficient (Wildman–Crippen LogP) is 8.97. The highest BCUT2D eigenvalue weighted by Gasteiger charge is 2.34. The number of hydrogen-bond donors (Lipinski definition) is 2. The average molecular weight is 879 g/mol. The maximum atomic E-state index is 13.5. The van der Waals surface area contributed by atoms with Gasteiger partial charge in [-0.15, -0.1) is 0 Å². The summed E-state index contributed by atoms with van der Waals surface area (Å²) in [5.41, 5.74) is 5.65. The van der Waals surface area contributed by atoms with Gasteiger partial charge >= 0.3 is 0 Å². The van der Waals surface area contributed by atoms with Crippen molar-refractivity contribution in [3.63, 3.8) is 0 Å². The van der Waals surface area contributed by atoms with Gasteiger partial charge in [-0.05, 0) is 84.1 Å². The second-order valence-electron chi connectivity index (χ2n) is 16.3. The summed E-state index contributed by atoms with van der Waals surface area (Å²) >= 11 is 6.10. The molecule has 0 aliphatic carbocycles. The first-order valence-electron chi connectivity index (χ1n) is 21.5. The largest absolute Gasteiger partial charge is 0.375 e. The van der Waals surface area contributed by atoms with Crippen LogP contribution in [0.1, 0.15) is 48.6 Å². The third kappa shape index (κ3) is 15.2. The fourth-order valence-corrected chi connectivity index (χ4v) is 7.89. The maximum Gasteiger partial charge on any atom is 0.247 e. The fourth-order valence-electron chi connectivity index (χ4n) is 7.71. The number of carbonyl (C=O) groups excluding carboxylic acids is 2. The molecule has 2 N–H and O–H groups in total. The summed E-state index contributed by atoms with van der Waals surface area (Å²) in [6.07, 6.45) is 3.22. The molecule has 2 fully saturated rings. The van der Waals surface area contributed by atoms with E-state index in [-0.39, 0.29) is 35.5 Å². The van der Waals surface area contributed by atoms with E-state index in [0.717, 1.165) is 36.3 Å². The minimum Gasteiger partial charge on any atom is -0.375 e. The number of rotatable bonds is 15. The number of carbonyl (C=O) groups is 2. The minimum absolute atomic E-state index is 0.0863. The molecule has 9 nitrogen and oxygen atoms in total. The lowest BCUT2D eigenvalue weighted by atomic mass is 10.1. The molecule has 2 saturated heterocycles. The number of piperazine rings is 2. The number of benzene rings is 5. The number of amides is 2. The van der Waals surface area contributed by atoms with Crippen LogP contribution in [-0.4, -0.2) is 90.1 Å². The van der Waals surface area contributed by atoms with E-state index in [4.69, 9.17) is 21.1 Å². The van der Waals surface area contributed by atoms with Crippen LogP contribution in [0.3, 0.4) is 0 Å². The molecule has 2 aliphatic rings. The number of anilines is 1. The molecular formula is C51H58ClF2N5O4. The summed E-state index contributed by atoms with van der Waals surface area (Å²) < 4.78 is 38.4. The topological polar surface area (TPSA) is 86.4 Å². The second-order valence-corrected chi connectivity index (χ2v) is 16.7. The highest BCUT2D eigenvalue weighted by atomic mass is 35.5. The van der Waals surface area contributed by atoms with Crippen LogP contribution in [0.25, 0.3) is 6.08 Å². The van der Waals surface area contributed by atoms with Crippen LogP contribution >= 0.6 is 11.6 Å². The van der Waals surface area contributed by atoms with Crippen molar-refractivity contribution < 1.29 is 27.8 Å². The summed E-state index contributed by atoms with van der Waals surface area (Å²) in [5.74, 6) is -0.803. The third-order valence-electron chi connectivity index (χ3n) is 11.2. The smallest absolute Gasteiger partial charge is 0.247 e. The van der Waals surface area contributed by atoms with E-state index in [1.54, 1.807) is 36.4 Å². The monoisotopic (exact) mass is 877 g/mol. The van der Waals surface area contributed by atoms with E-state index in [1.165, 1.54) is 42.8 Å². The van der Waals surface area contributed by atoms with Crippen molar-refractivity contribution >= 4 is 35.2 Å². The quantitative estimate of drug-likeness (QED) is 0.102. The molecule has 0 aromatic heterocycles. The molecule has 0 spiro atoms. The Kier molecular flexibility index (Phi) is 18.0. The van der Waals surface area contributed by atoms with E-state index in [2.05, 4.69) is 46.4 Å². The molecule has 0 bridgehead atoms. The Morgan fingerprint density at radius 1 is 0.714 bits per heavy atom. The summed E-state index contributed by atoms with van der Waals surface area (Å²) in [6.45, 7) is 12.4. The summed E-state index contributed by atoms with van der Waals surface area (Å²) in [5, 5.41) is 6.80. The molecule has 12 heteroatoms. The van der Waals surface area contributed by atoms with Gasteiger partial charge in [0.2, 0.25) is 11.8 Å². The van der Waals surface area contributed by atoms with Gasteiger partial charge < -0.3 is 25.0 Å². The standard InChI is InChI=1S/C31H33ClFN3O3.C20H25FN2O/c1-22-17-36(31(38)15-11-26-10-12-27(32)16-30(26)34-23(2)37)29(21-39-20-25-6-4-3-5-7-25)19-35(22)18-24-8-13-28(33)14-9-24;1-16-11-22-20(15-24-14-18-5-3-2-4-6-18)13-23(16)12-17-7-9-19(21)10-8-17/h3-16,22,29H,17-21H2,1-2H3,(H,34,37);2-10,16,20,22H,11-15H2,1H3/b15-11+;/t22-,29-;16-,20-/m00/s1. The Morgan fingerprint density at radius 3 is 1.84 bits per heavy atom.